The number of carbonyl (C=O) groups is 2. The van der Waals surface area contributed by atoms with Crippen molar-refractivity contribution in [1.82, 2.24) is 9.80 Å². The second-order valence-corrected chi connectivity index (χ2v) is 9.55. The molecule has 1 aliphatic heterocycles. The Hall–Kier alpha value is -2.83. The predicted octanol–water partition coefficient (Wildman–Crippen LogP) is 6.06. The van der Waals surface area contributed by atoms with Gasteiger partial charge in [0.05, 0.1) is 18.7 Å². The fourth-order valence-corrected chi connectivity index (χ4v) is 4.84. The topological polar surface area (TPSA) is 70.1 Å². The van der Waals surface area contributed by atoms with E-state index in [9.17, 15) is 14.7 Å². The van der Waals surface area contributed by atoms with Gasteiger partial charge in [0.15, 0.2) is 0 Å². The molecule has 194 valence electrons. The quantitative estimate of drug-likeness (QED) is 0.200. The molecule has 0 aliphatic carbocycles. The van der Waals surface area contributed by atoms with Crippen LogP contribution in [0.5, 0.6) is 5.75 Å². The smallest absolute Gasteiger partial charge is 0.295 e. The third kappa shape index (κ3) is 6.48. The average Bonchev–Trinajstić information content (AvgIpc) is 3.14. The zero-order chi connectivity index (χ0) is 26.1. The number of unbranched alkanes of at least 4 members (excludes halogenated alkanes) is 2. The number of ketones is 1. The first kappa shape index (κ1) is 27.8. The first-order chi connectivity index (χ1) is 17.4. The maximum absolute atomic E-state index is 13.2. The van der Waals surface area contributed by atoms with E-state index in [1.165, 1.54) is 0 Å². The molecule has 0 unspecified atom stereocenters. The first-order valence-electron chi connectivity index (χ1n) is 12.8. The lowest BCUT2D eigenvalue weighted by molar-refractivity contribution is -0.140. The molecule has 0 saturated carbocycles. The van der Waals surface area contributed by atoms with Gasteiger partial charge in [-0.15, -0.1) is 0 Å². The Labute approximate surface area is 219 Å². The summed E-state index contributed by atoms with van der Waals surface area (Å²) in [6.45, 7) is 7.67. The summed E-state index contributed by atoms with van der Waals surface area (Å²) in [7, 11) is 1.56. The molecule has 1 fully saturated rings. The molecule has 1 N–H and O–H groups in total. The van der Waals surface area contributed by atoms with Crippen molar-refractivity contribution in [2.45, 2.75) is 52.0 Å². The summed E-state index contributed by atoms with van der Waals surface area (Å²) in [4.78, 5) is 30.5. The van der Waals surface area contributed by atoms with E-state index in [0.29, 0.717) is 28.4 Å². The summed E-state index contributed by atoms with van der Waals surface area (Å²) in [6, 6.07) is 13.2. The number of benzene rings is 2. The van der Waals surface area contributed by atoms with E-state index in [2.05, 4.69) is 18.7 Å². The first-order valence-corrected chi connectivity index (χ1v) is 13.2. The predicted molar refractivity (Wildman–Crippen MR) is 144 cm³/mol. The van der Waals surface area contributed by atoms with Crippen molar-refractivity contribution in [1.29, 1.82) is 0 Å². The van der Waals surface area contributed by atoms with Gasteiger partial charge < -0.3 is 19.6 Å². The lowest BCUT2D eigenvalue weighted by Gasteiger charge is -2.28. The SMILES string of the molecule is CCCCN(CCCC)CCCN1C(=O)C(=O)C(=C(O)c2ccc(OC)cc2)[C@H]1c1ccccc1Cl. The van der Waals surface area contributed by atoms with E-state index in [0.717, 1.165) is 51.7 Å². The van der Waals surface area contributed by atoms with Crippen LogP contribution < -0.4 is 4.74 Å². The normalized spacial score (nSPS) is 17.2. The number of aliphatic hydroxyl groups excluding tert-OH is 1. The standard InChI is InChI=1S/C29H37ClN2O4/c1-4-6-17-31(18-7-5-2)19-10-20-32-26(23-11-8-9-12-24(23)30)25(28(34)29(32)35)27(33)21-13-15-22(36-3)16-14-21/h8-9,11-16,26,33H,4-7,10,17-20H2,1-3H3/t26-/m1/s1. The van der Waals surface area contributed by atoms with E-state index >= 15 is 0 Å². The van der Waals surface area contributed by atoms with Gasteiger partial charge in [-0.05, 0) is 74.8 Å². The minimum absolute atomic E-state index is 0.0621. The average molecular weight is 513 g/mol. The van der Waals surface area contributed by atoms with Crippen LogP contribution in [0.3, 0.4) is 0 Å². The molecule has 1 saturated heterocycles. The number of ether oxygens (including phenoxy) is 1. The third-order valence-corrected chi connectivity index (χ3v) is 6.98. The van der Waals surface area contributed by atoms with Crippen molar-refractivity contribution < 1.29 is 19.4 Å². The highest BCUT2D eigenvalue weighted by Gasteiger charge is 2.46. The van der Waals surface area contributed by atoms with Crippen molar-refractivity contribution in [2.24, 2.45) is 0 Å². The van der Waals surface area contributed by atoms with Gasteiger partial charge in [-0.1, -0.05) is 56.5 Å². The van der Waals surface area contributed by atoms with Crippen LogP contribution in [-0.2, 0) is 9.59 Å². The van der Waals surface area contributed by atoms with E-state index in [1.54, 1.807) is 48.4 Å². The van der Waals surface area contributed by atoms with Gasteiger partial charge in [-0.25, -0.2) is 0 Å². The molecule has 0 bridgehead atoms. The highest BCUT2D eigenvalue weighted by atomic mass is 35.5. The molecule has 0 aromatic heterocycles. The Balaban J connectivity index is 1.92. The molecule has 1 amide bonds. The van der Waals surface area contributed by atoms with Crippen LogP contribution in [0, 0.1) is 0 Å². The Morgan fingerprint density at radius 3 is 2.17 bits per heavy atom. The Kier molecular flexibility index (Phi) is 10.4. The molecule has 1 atom stereocenters. The third-order valence-electron chi connectivity index (χ3n) is 6.63. The second kappa shape index (κ2) is 13.5. The number of methoxy groups -OCH3 is 1. The molecule has 2 aromatic carbocycles. The Morgan fingerprint density at radius 1 is 0.972 bits per heavy atom. The fraction of sp³-hybridized carbons (Fsp3) is 0.448. The molecule has 1 heterocycles. The largest absolute Gasteiger partial charge is 0.507 e. The van der Waals surface area contributed by atoms with Crippen LogP contribution in [0.25, 0.3) is 5.76 Å². The zero-order valence-corrected chi connectivity index (χ0v) is 22.3. The van der Waals surface area contributed by atoms with Crippen LogP contribution in [0.4, 0.5) is 0 Å². The second-order valence-electron chi connectivity index (χ2n) is 9.14. The molecule has 3 rings (SSSR count). The highest BCUT2D eigenvalue weighted by Crippen LogP contribution is 2.41. The molecule has 0 spiro atoms. The summed E-state index contributed by atoms with van der Waals surface area (Å²) in [6.07, 6.45) is 5.26. The molecule has 36 heavy (non-hydrogen) atoms. The Bertz CT molecular complexity index is 1060. The number of nitrogens with zero attached hydrogens (tertiary/aromatic N) is 2. The van der Waals surface area contributed by atoms with Crippen molar-refractivity contribution in [2.75, 3.05) is 33.3 Å². The van der Waals surface area contributed by atoms with Gasteiger partial charge >= 0.3 is 0 Å². The maximum atomic E-state index is 13.2. The van der Waals surface area contributed by atoms with Gasteiger partial charge in [0, 0.05) is 17.1 Å². The number of halogens is 1. The molecule has 1 aliphatic rings. The number of rotatable bonds is 13. The van der Waals surface area contributed by atoms with Crippen LogP contribution in [0.2, 0.25) is 5.02 Å². The number of Topliss-reactive ketones (excluding diaryl/α,β-unsaturated/α-hetero) is 1. The molecule has 0 radical (unpaired) electrons. The molecule has 2 aromatic rings. The van der Waals surface area contributed by atoms with Crippen molar-refractivity contribution in [3.8, 4) is 5.75 Å². The lowest BCUT2D eigenvalue weighted by atomic mass is 9.95. The maximum Gasteiger partial charge on any atom is 0.295 e. The van der Waals surface area contributed by atoms with E-state index in [4.69, 9.17) is 16.3 Å². The molecular weight excluding hydrogens is 476 g/mol. The molecule has 6 nitrogen and oxygen atoms in total. The number of hydrogen-bond donors (Lipinski definition) is 1. The summed E-state index contributed by atoms with van der Waals surface area (Å²) in [5.41, 5.74) is 1.13. The van der Waals surface area contributed by atoms with Crippen LogP contribution in [0.1, 0.15) is 63.1 Å². The molecular formula is C29H37ClN2O4. The summed E-state index contributed by atoms with van der Waals surface area (Å²) < 4.78 is 5.20. The minimum Gasteiger partial charge on any atom is -0.507 e. The fourth-order valence-electron chi connectivity index (χ4n) is 4.60. The highest BCUT2D eigenvalue weighted by molar-refractivity contribution is 6.47. The van der Waals surface area contributed by atoms with Crippen molar-refractivity contribution in [3.63, 3.8) is 0 Å². The summed E-state index contributed by atoms with van der Waals surface area (Å²) >= 11 is 6.54. The summed E-state index contributed by atoms with van der Waals surface area (Å²) in [5.74, 6) is -0.882. The van der Waals surface area contributed by atoms with Gasteiger partial charge in [0.25, 0.3) is 11.7 Å². The number of aliphatic hydroxyl groups is 1. The number of hydrogen-bond acceptors (Lipinski definition) is 5. The van der Waals surface area contributed by atoms with E-state index < -0.39 is 17.7 Å². The number of amides is 1. The van der Waals surface area contributed by atoms with Gasteiger partial charge in [-0.3, -0.25) is 9.59 Å². The lowest BCUT2D eigenvalue weighted by Crippen LogP contribution is -2.34. The van der Waals surface area contributed by atoms with Gasteiger partial charge in [0.2, 0.25) is 0 Å². The van der Waals surface area contributed by atoms with E-state index in [-0.39, 0.29) is 11.3 Å². The van der Waals surface area contributed by atoms with Crippen molar-refractivity contribution >= 4 is 29.1 Å². The van der Waals surface area contributed by atoms with Crippen molar-refractivity contribution in [3.05, 3.63) is 70.3 Å². The molecule has 7 heteroatoms. The number of carbonyl (C=O) groups excluding carboxylic acids is 2. The number of likely N-dealkylation sites (tertiary alicyclic amines) is 1. The van der Waals surface area contributed by atoms with Crippen LogP contribution >= 0.6 is 11.6 Å². The minimum atomic E-state index is -0.750. The van der Waals surface area contributed by atoms with Gasteiger partial charge in [0.1, 0.15) is 11.5 Å². The van der Waals surface area contributed by atoms with Gasteiger partial charge in [-0.2, -0.15) is 0 Å². The zero-order valence-electron chi connectivity index (χ0n) is 21.5. The van der Waals surface area contributed by atoms with E-state index in [1.807, 2.05) is 12.1 Å². The summed E-state index contributed by atoms with van der Waals surface area (Å²) in [5, 5.41) is 11.7. The monoisotopic (exact) mass is 512 g/mol. The van der Waals surface area contributed by atoms with Crippen LogP contribution in [0.15, 0.2) is 54.1 Å². The Morgan fingerprint density at radius 2 is 1.58 bits per heavy atom. The van der Waals surface area contributed by atoms with Crippen LogP contribution in [-0.4, -0.2) is 59.9 Å².